The van der Waals surface area contributed by atoms with Crippen LogP contribution in [0.4, 0.5) is 5.82 Å². The lowest BCUT2D eigenvalue weighted by atomic mass is 9.98. The van der Waals surface area contributed by atoms with E-state index in [4.69, 9.17) is 20.8 Å². The van der Waals surface area contributed by atoms with Crippen molar-refractivity contribution in [2.75, 3.05) is 11.5 Å². The lowest BCUT2D eigenvalue weighted by Crippen LogP contribution is -2.30. The van der Waals surface area contributed by atoms with Gasteiger partial charge in [-0.3, -0.25) is 14.5 Å². The van der Waals surface area contributed by atoms with Crippen LogP contribution in [0.1, 0.15) is 41.1 Å². The van der Waals surface area contributed by atoms with E-state index in [1.54, 1.807) is 36.4 Å². The van der Waals surface area contributed by atoms with Crippen LogP contribution in [-0.2, 0) is 0 Å². The predicted molar refractivity (Wildman–Crippen MR) is 123 cm³/mol. The minimum absolute atomic E-state index is 0.0235. The highest BCUT2D eigenvalue weighted by Gasteiger charge is 2.44. The standard InChI is InChI=1S/C25H19ClN2O4/c1-2-12-31-17-7-5-6-15(13-17)22-21-23(29)18-8-3-4-9-19(18)32-24(21)25(30)28(22)20-11-10-16(26)14-27-20/h3-11,13-14,22H,2,12H2,1H3. The number of fused-ring (bicyclic) bond motifs is 2. The Bertz CT molecular complexity index is 1380. The Balaban J connectivity index is 1.75. The Morgan fingerprint density at radius 2 is 1.94 bits per heavy atom. The van der Waals surface area contributed by atoms with Gasteiger partial charge in [-0.2, -0.15) is 0 Å². The third-order valence-corrected chi connectivity index (χ3v) is 5.61. The van der Waals surface area contributed by atoms with E-state index in [1.807, 2.05) is 31.2 Å². The molecule has 160 valence electrons. The van der Waals surface area contributed by atoms with Crippen molar-refractivity contribution >= 4 is 34.3 Å². The highest BCUT2D eigenvalue weighted by atomic mass is 35.5. The number of benzene rings is 2. The monoisotopic (exact) mass is 446 g/mol. The summed E-state index contributed by atoms with van der Waals surface area (Å²) in [6.07, 6.45) is 2.34. The van der Waals surface area contributed by atoms with Crippen molar-refractivity contribution in [3.05, 3.63) is 99.0 Å². The SMILES string of the molecule is CCCOc1cccc(C2c3c(oc4ccccc4c3=O)C(=O)N2c2ccc(Cl)cn2)c1. The number of nitrogens with zero attached hydrogens (tertiary/aromatic N) is 2. The molecule has 1 amide bonds. The third-order valence-electron chi connectivity index (χ3n) is 5.38. The largest absolute Gasteiger partial charge is 0.494 e. The van der Waals surface area contributed by atoms with E-state index in [0.29, 0.717) is 34.2 Å². The van der Waals surface area contributed by atoms with Crippen molar-refractivity contribution in [2.24, 2.45) is 0 Å². The second kappa shape index (κ2) is 8.13. The molecule has 2 aromatic carbocycles. The van der Waals surface area contributed by atoms with Gasteiger partial charge in [-0.05, 0) is 48.4 Å². The Morgan fingerprint density at radius 3 is 2.72 bits per heavy atom. The second-order valence-electron chi connectivity index (χ2n) is 7.50. The van der Waals surface area contributed by atoms with E-state index >= 15 is 0 Å². The van der Waals surface area contributed by atoms with Crippen LogP contribution in [0.15, 0.2) is 76.1 Å². The van der Waals surface area contributed by atoms with Crippen molar-refractivity contribution in [3.63, 3.8) is 0 Å². The zero-order valence-corrected chi connectivity index (χ0v) is 18.0. The zero-order valence-electron chi connectivity index (χ0n) is 17.2. The van der Waals surface area contributed by atoms with E-state index < -0.39 is 11.9 Å². The molecule has 7 heteroatoms. The van der Waals surface area contributed by atoms with Gasteiger partial charge in [-0.15, -0.1) is 0 Å². The quantitative estimate of drug-likeness (QED) is 0.411. The number of rotatable bonds is 5. The molecule has 0 saturated carbocycles. The van der Waals surface area contributed by atoms with Crippen LogP contribution in [-0.4, -0.2) is 17.5 Å². The molecule has 0 fully saturated rings. The number of pyridine rings is 1. The smallest absolute Gasteiger partial charge is 0.296 e. The van der Waals surface area contributed by atoms with Crippen LogP contribution >= 0.6 is 11.6 Å². The molecule has 2 aromatic heterocycles. The van der Waals surface area contributed by atoms with Crippen LogP contribution in [0.3, 0.4) is 0 Å². The minimum Gasteiger partial charge on any atom is -0.494 e. The molecule has 0 saturated heterocycles. The number of para-hydroxylation sites is 1. The first-order valence-electron chi connectivity index (χ1n) is 10.3. The fourth-order valence-corrected chi connectivity index (χ4v) is 4.09. The fourth-order valence-electron chi connectivity index (χ4n) is 3.98. The summed E-state index contributed by atoms with van der Waals surface area (Å²) < 4.78 is 11.7. The molecule has 0 aliphatic carbocycles. The maximum atomic E-state index is 13.5. The van der Waals surface area contributed by atoms with E-state index in [9.17, 15) is 9.59 Å². The van der Waals surface area contributed by atoms with Crippen LogP contribution in [0, 0.1) is 0 Å². The maximum Gasteiger partial charge on any atom is 0.296 e. The summed E-state index contributed by atoms with van der Waals surface area (Å²) >= 11 is 6.01. The molecule has 32 heavy (non-hydrogen) atoms. The Hall–Kier alpha value is -3.64. The molecular weight excluding hydrogens is 428 g/mol. The van der Waals surface area contributed by atoms with Gasteiger partial charge in [-0.25, -0.2) is 4.98 Å². The molecule has 4 aromatic rings. The lowest BCUT2D eigenvalue weighted by molar-refractivity contribution is 0.0970. The van der Waals surface area contributed by atoms with Crippen molar-refractivity contribution in [3.8, 4) is 5.75 Å². The number of ether oxygens (including phenoxy) is 1. The first kappa shape index (κ1) is 20.3. The summed E-state index contributed by atoms with van der Waals surface area (Å²) in [5.74, 6) is 0.636. The van der Waals surface area contributed by atoms with Gasteiger partial charge in [0.25, 0.3) is 5.91 Å². The molecule has 1 atom stereocenters. The van der Waals surface area contributed by atoms with E-state index in [1.165, 1.54) is 11.1 Å². The summed E-state index contributed by atoms with van der Waals surface area (Å²) in [5.41, 5.74) is 1.15. The molecule has 0 N–H and O–H groups in total. The van der Waals surface area contributed by atoms with Crippen molar-refractivity contribution in [1.29, 1.82) is 0 Å². The van der Waals surface area contributed by atoms with E-state index in [2.05, 4.69) is 4.98 Å². The van der Waals surface area contributed by atoms with E-state index in [0.717, 1.165) is 12.0 Å². The maximum absolute atomic E-state index is 13.5. The summed E-state index contributed by atoms with van der Waals surface area (Å²) in [6, 6.07) is 16.9. The number of aromatic nitrogens is 1. The summed E-state index contributed by atoms with van der Waals surface area (Å²) in [6.45, 7) is 2.60. The number of hydrogen-bond acceptors (Lipinski definition) is 5. The van der Waals surface area contributed by atoms with Crippen LogP contribution in [0.5, 0.6) is 5.75 Å². The summed E-state index contributed by atoms with van der Waals surface area (Å²) in [4.78, 5) is 32.8. The van der Waals surface area contributed by atoms with Gasteiger partial charge < -0.3 is 9.15 Å². The average molecular weight is 447 g/mol. The average Bonchev–Trinajstić information content (AvgIpc) is 3.11. The fraction of sp³-hybridized carbons (Fsp3) is 0.160. The Labute approximate surface area is 189 Å². The number of carbonyl (C=O) groups is 1. The molecule has 1 aliphatic heterocycles. The Kier molecular flexibility index (Phi) is 5.15. The van der Waals surface area contributed by atoms with Crippen molar-refractivity contribution in [1.82, 2.24) is 4.98 Å². The molecule has 0 radical (unpaired) electrons. The first-order chi connectivity index (χ1) is 15.6. The highest BCUT2D eigenvalue weighted by molar-refractivity contribution is 6.30. The topological polar surface area (TPSA) is 72.6 Å². The van der Waals surface area contributed by atoms with E-state index in [-0.39, 0.29) is 16.8 Å². The molecule has 0 bridgehead atoms. The van der Waals surface area contributed by atoms with Gasteiger partial charge in [0, 0.05) is 6.20 Å². The third kappa shape index (κ3) is 3.33. The normalized spacial score (nSPS) is 15.2. The summed E-state index contributed by atoms with van der Waals surface area (Å²) in [7, 11) is 0. The minimum atomic E-state index is -0.711. The molecule has 6 nitrogen and oxygen atoms in total. The molecule has 0 spiro atoms. The number of anilines is 1. The van der Waals surface area contributed by atoms with Gasteiger partial charge in [-0.1, -0.05) is 42.8 Å². The molecule has 1 aliphatic rings. The van der Waals surface area contributed by atoms with Gasteiger partial charge in [0.15, 0.2) is 5.43 Å². The molecule has 3 heterocycles. The van der Waals surface area contributed by atoms with Gasteiger partial charge in [0.1, 0.15) is 17.2 Å². The van der Waals surface area contributed by atoms with Crippen LogP contribution in [0.25, 0.3) is 11.0 Å². The highest BCUT2D eigenvalue weighted by Crippen LogP contribution is 2.41. The number of amides is 1. The molecule has 5 rings (SSSR count). The van der Waals surface area contributed by atoms with Crippen LogP contribution < -0.4 is 15.1 Å². The van der Waals surface area contributed by atoms with Gasteiger partial charge in [0.2, 0.25) is 5.76 Å². The van der Waals surface area contributed by atoms with Gasteiger partial charge in [0.05, 0.1) is 28.6 Å². The number of halogens is 1. The van der Waals surface area contributed by atoms with Crippen molar-refractivity contribution in [2.45, 2.75) is 19.4 Å². The summed E-state index contributed by atoms with van der Waals surface area (Å²) in [5, 5.41) is 0.873. The van der Waals surface area contributed by atoms with Crippen LogP contribution in [0.2, 0.25) is 5.02 Å². The zero-order chi connectivity index (χ0) is 22.2. The first-order valence-corrected chi connectivity index (χ1v) is 10.7. The number of carbonyl (C=O) groups excluding carboxylic acids is 1. The van der Waals surface area contributed by atoms with Crippen molar-refractivity contribution < 1.29 is 13.9 Å². The van der Waals surface area contributed by atoms with Gasteiger partial charge >= 0.3 is 0 Å². The lowest BCUT2D eigenvalue weighted by Gasteiger charge is -2.24. The Morgan fingerprint density at radius 1 is 1.09 bits per heavy atom. The predicted octanol–water partition coefficient (Wildman–Crippen LogP) is 5.38. The molecular formula is C25H19ClN2O4. The molecule has 1 unspecified atom stereocenters. The second-order valence-corrected chi connectivity index (χ2v) is 7.94. The number of hydrogen-bond donors (Lipinski definition) is 0.